The average Bonchev–Trinajstić information content (AvgIpc) is 3.39. The van der Waals surface area contributed by atoms with Crippen molar-refractivity contribution in [3.05, 3.63) is 53.1 Å². The number of carbonyl (C=O) groups excluding carboxylic acids is 1. The van der Waals surface area contributed by atoms with Crippen molar-refractivity contribution in [2.75, 3.05) is 12.8 Å². The molecule has 0 saturated heterocycles. The maximum atomic E-state index is 13.5. The van der Waals surface area contributed by atoms with Crippen LogP contribution in [-0.4, -0.2) is 38.0 Å². The van der Waals surface area contributed by atoms with Crippen molar-refractivity contribution < 1.29 is 13.7 Å². The number of nitrogens with zero attached hydrogens (tertiary/aromatic N) is 4. The first kappa shape index (κ1) is 20.4. The van der Waals surface area contributed by atoms with Crippen molar-refractivity contribution in [1.29, 1.82) is 0 Å². The number of imidazole rings is 1. The molecule has 0 aliphatic rings. The molecule has 10 nitrogen and oxygen atoms in total. The summed E-state index contributed by atoms with van der Waals surface area (Å²) in [4.78, 5) is 28.1. The van der Waals surface area contributed by atoms with Crippen LogP contribution in [0.2, 0.25) is 0 Å². The van der Waals surface area contributed by atoms with Crippen LogP contribution in [0.25, 0.3) is 22.6 Å². The van der Waals surface area contributed by atoms with Crippen molar-refractivity contribution in [2.45, 2.75) is 26.2 Å². The molecule has 0 aliphatic carbocycles. The molecule has 1 aromatic carbocycles. The van der Waals surface area contributed by atoms with Crippen LogP contribution < -0.4 is 16.4 Å². The van der Waals surface area contributed by atoms with Crippen LogP contribution >= 0.6 is 0 Å². The van der Waals surface area contributed by atoms with E-state index < -0.39 is 12.1 Å². The van der Waals surface area contributed by atoms with Crippen molar-refractivity contribution in [3.8, 4) is 11.6 Å². The van der Waals surface area contributed by atoms with Gasteiger partial charge in [0.25, 0.3) is 5.91 Å². The molecule has 11 heteroatoms. The Morgan fingerprint density at radius 3 is 2.90 bits per heavy atom. The SMILES string of the molecule is CNCc1c(N)ncnc1C(=O)NCc1cc(-c2nc3ccc(C(C)F)cc3[nH]2)on1. The number of rotatable bonds is 7. The number of H-pyrrole nitrogens is 1. The van der Waals surface area contributed by atoms with Gasteiger partial charge in [0.2, 0.25) is 5.76 Å². The van der Waals surface area contributed by atoms with E-state index in [2.05, 4.69) is 35.7 Å². The maximum absolute atomic E-state index is 13.5. The second kappa shape index (κ2) is 8.48. The number of alkyl halides is 1. The van der Waals surface area contributed by atoms with E-state index in [1.54, 1.807) is 31.3 Å². The third kappa shape index (κ3) is 4.21. The molecule has 3 heterocycles. The predicted octanol–water partition coefficient (Wildman–Crippen LogP) is 2.27. The van der Waals surface area contributed by atoms with Crippen LogP contribution in [0.3, 0.4) is 0 Å². The van der Waals surface area contributed by atoms with Crippen molar-refractivity contribution in [2.24, 2.45) is 0 Å². The largest absolute Gasteiger partial charge is 0.383 e. The number of hydrogen-bond acceptors (Lipinski definition) is 8. The monoisotopic (exact) mass is 424 g/mol. The smallest absolute Gasteiger partial charge is 0.270 e. The summed E-state index contributed by atoms with van der Waals surface area (Å²) < 4.78 is 18.9. The van der Waals surface area contributed by atoms with Gasteiger partial charge in [0.1, 0.15) is 29.7 Å². The molecule has 0 radical (unpaired) electrons. The number of halogens is 1. The molecule has 5 N–H and O–H groups in total. The summed E-state index contributed by atoms with van der Waals surface area (Å²) in [5.74, 6) is 0.704. The molecule has 4 rings (SSSR count). The minimum absolute atomic E-state index is 0.120. The van der Waals surface area contributed by atoms with Gasteiger partial charge in [-0.25, -0.2) is 19.3 Å². The van der Waals surface area contributed by atoms with E-state index >= 15 is 0 Å². The number of nitrogens with two attached hydrogens (primary N) is 1. The summed E-state index contributed by atoms with van der Waals surface area (Å²) in [5.41, 5.74) is 9.01. The highest BCUT2D eigenvalue weighted by Gasteiger charge is 2.17. The molecule has 3 aromatic heterocycles. The molecule has 1 atom stereocenters. The number of nitrogens with one attached hydrogen (secondary N) is 3. The van der Waals surface area contributed by atoms with E-state index in [-0.39, 0.29) is 18.1 Å². The van der Waals surface area contributed by atoms with Crippen LogP contribution in [0.15, 0.2) is 35.1 Å². The lowest BCUT2D eigenvalue weighted by Crippen LogP contribution is -2.27. The zero-order valence-electron chi connectivity index (χ0n) is 16.9. The summed E-state index contributed by atoms with van der Waals surface area (Å²) in [6, 6.07) is 6.82. The highest BCUT2D eigenvalue weighted by molar-refractivity contribution is 5.94. The van der Waals surface area contributed by atoms with Crippen LogP contribution in [0.5, 0.6) is 0 Å². The van der Waals surface area contributed by atoms with Gasteiger partial charge in [0, 0.05) is 18.2 Å². The Hall–Kier alpha value is -3.86. The molecule has 0 bridgehead atoms. The number of fused-ring (bicyclic) bond motifs is 1. The molecule has 31 heavy (non-hydrogen) atoms. The van der Waals surface area contributed by atoms with Crippen LogP contribution in [0.4, 0.5) is 10.2 Å². The van der Waals surface area contributed by atoms with Crippen molar-refractivity contribution in [3.63, 3.8) is 0 Å². The van der Waals surface area contributed by atoms with E-state index in [0.29, 0.717) is 46.0 Å². The van der Waals surface area contributed by atoms with E-state index in [1.807, 2.05) is 0 Å². The van der Waals surface area contributed by atoms with Crippen LogP contribution in [-0.2, 0) is 13.1 Å². The van der Waals surface area contributed by atoms with E-state index in [0.717, 1.165) is 0 Å². The molecule has 0 spiro atoms. The van der Waals surface area contributed by atoms with Gasteiger partial charge < -0.3 is 25.9 Å². The van der Waals surface area contributed by atoms with Crippen molar-refractivity contribution >= 4 is 22.8 Å². The first-order valence-electron chi connectivity index (χ1n) is 9.58. The Balaban J connectivity index is 1.48. The summed E-state index contributed by atoms with van der Waals surface area (Å²) in [5, 5.41) is 9.65. The zero-order valence-corrected chi connectivity index (χ0v) is 16.9. The van der Waals surface area contributed by atoms with Crippen LogP contribution in [0, 0.1) is 0 Å². The lowest BCUT2D eigenvalue weighted by Gasteiger charge is -2.09. The predicted molar refractivity (Wildman–Crippen MR) is 111 cm³/mol. The number of anilines is 1. The summed E-state index contributed by atoms with van der Waals surface area (Å²) in [7, 11) is 1.74. The maximum Gasteiger partial charge on any atom is 0.270 e. The molecule has 4 aromatic rings. The normalized spacial score (nSPS) is 12.2. The lowest BCUT2D eigenvalue weighted by molar-refractivity contribution is 0.0943. The fourth-order valence-electron chi connectivity index (χ4n) is 3.13. The molecule has 0 saturated carbocycles. The number of aromatic amines is 1. The van der Waals surface area contributed by atoms with Gasteiger partial charge in [-0.3, -0.25) is 4.79 Å². The highest BCUT2D eigenvalue weighted by Crippen LogP contribution is 2.25. The second-order valence-electron chi connectivity index (χ2n) is 6.96. The van der Waals surface area contributed by atoms with Gasteiger partial charge in [-0.15, -0.1) is 0 Å². The quantitative estimate of drug-likeness (QED) is 0.353. The topological polar surface area (TPSA) is 148 Å². The Labute approximate surface area is 176 Å². The third-order valence-electron chi connectivity index (χ3n) is 4.73. The first-order valence-corrected chi connectivity index (χ1v) is 9.58. The standard InChI is InChI=1S/C20H21FN8O2/c1-10(21)11-3-4-14-15(5-11)28-19(27-14)16-6-12(29-31-16)7-24-20(30)17-13(8-23-2)18(22)26-9-25-17/h3-6,9-10,23H,7-8H2,1-2H3,(H,24,30)(H,27,28)(H2,22,25,26). The zero-order chi connectivity index (χ0) is 22.0. The minimum Gasteiger partial charge on any atom is -0.383 e. The van der Waals surface area contributed by atoms with Gasteiger partial charge >= 0.3 is 0 Å². The van der Waals surface area contributed by atoms with E-state index in [9.17, 15) is 9.18 Å². The molecular weight excluding hydrogens is 403 g/mol. The van der Waals surface area contributed by atoms with Gasteiger partial charge in [-0.1, -0.05) is 11.2 Å². The molecule has 0 aliphatic heterocycles. The Bertz CT molecular complexity index is 1230. The fraction of sp³-hybridized carbons (Fsp3) is 0.250. The van der Waals surface area contributed by atoms with Crippen molar-refractivity contribution in [1.82, 2.24) is 35.7 Å². The average molecular weight is 424 g/mol. The van der Waals surface area contributed by atoms with Crippen LogP contribution in [0.1, 0.15) is 40.4 Å². The Morgan fingerprint density at radius 2 is 2.13 bits per heavy atom. The molecule has 1 amide bonds. The Morgan fingerprint density at radius 1 is 1.29 bits per heavy atom. The fourth-order valence-corrected chi connectivity index (χ4v) is 3.13. The van der Waals surface area contributed by atoms with E-state index in [4.69, 9.17) is 10.3 Å². The number of carbonyl (C=O) groups is 1. The second-order valence-corrected chi connectivity index (χ2v) is 6.96. The van der Waals surface area contributed by atoms with Gasteiger partial charge in [-0.05, 0) is 31.7 Å². The number of hydrogen-bond donors (Lipinski definition) is 4. The third-order valence-corrected chi connectivity index (χ3v) is 4.73. The number of benzene rings is 1. The molecule has 160 valence electrons. The molecular formula is C20H21FN8O2. The van der Waals surface area contributed by atoms with Gasteiger partial charge in [-0.2, -0.15) is 0 Å². The highest BCUT2D eigenvalue weighted by atomic mass is 19.1. The van der Waals surface area contributed by atoms with E-state index in [1.165, 1.54) is 13.3 Å². The summed E-state index contributed by atoms with van der Waals surface area (Å²) in [6.07, 6.45) is 0.171. The number of amides is 1. The number of aromatic nitrogens is 5. The van der Waals surface area contributed by atoms with Gasteiger partial charge in [0.05, 0.1) is 17.6 Å². The molecule has 1 unspecified atom stereocenters. The summed E-state index contributed by atoms with van der Waals surface area (Å²) in [6.45, 7) is 1.96. The molecule has 0 fully saturated rings. The summed E-state index contributed by atoms with van der Waals surface area (Å²) >= 11 is 0. The number of nitrogen functional groups attached to an aromatic ring is 1. The minimum atomic E-state index is -1.07. The van der Waals surface area contributed by atoms with Gasteiger partial charge in [0.15, 0.2) is 5.82 Å². The Kier molecular flexibility index (Phi) is 5.58. The first-order chi connectivity index (χ1) is 15.0. The lowest BCUT2D eigenvalue weighted by atomic mass is 10.1.